The average molecular weight is 292 g/mol. The molecule has 1 aromatic heterocycles. The smallest absolute Gasteiger partial charge is 0.274 e. The van der Waals surface area contributed by atoms with E-state index in [1.165, 1.54) is 6.20 Å². The fourth-order valence-corrected chi connectivity index (χ4v) is 1.73. The van der Waals surface area contributed by atoms with Crippen LogP contribution in [0.4, 0.5) is 5.69 Å². The van der Waals surface area contributed by atoms with Gasteiger partial charge in [-0.1, -0.05) is 36.0 Å². The molecular formula is C13H10ClN3OS. The molecule has 0 saturated carbocycles. The van der Waals surface area contributed by atoms with Crippen LogP contribution in [-0.4, -0.2) is 15.9 Å². The first-order valence-corrected chi connectivity index (χ1v) is 6.18. The number of carbonyl (C=O) groups is 1. The Kier molecular flexibility index (Phi) is 4.09. The van der Waals surface area contributed by atoms with Gasteiger partial charge in [0.15, 0.2) is 0 Å². The molecule has 0 saturated heterocycles. The lowest BCUT2D eigenvalue weighted by Gasteiger charge is -2.06. The number of nitrogens with two attached hydrogens (primary N) is 1. The van der Waals surface area contributed by atoms with Gasteiger partial charge in [0, 0.05) is 11.8 Å². The number of benzene rings is 1. The van der Waals surface area contributed by atoms with E-state index in [4.69, 9.17) is 29.6 Å². The van der Waals surface area contributed by atoms with Gasteiger partial charge in [-0.3, -0.25) is 9.78 Å². The predicted molar refractivity (Wildman–Crippen MR) is 79.5 cm³/mol. The summed E-state index contributed by atoms with van der Waals surface area (Å²) in [6.07, 6.45) is 1.46. The summed E-state index contributed by atoms with van der Waals surface area (Å²) < 4.78 is 0. The van der Waals surface area contributed by atoms with Crippen LogP contribution in [0.2, 0.25) is 5.02 Å². The molecule has 3 N–H and O–H groups in total. The van der Waals surface area contributed by atoms with Crippen molar-refractivity contribution in [3.8, 4) is 0 Å². The number of hydrogen-bond donors (Lipinski definition) is 2. The van der Waals surface area contributed by atoms with Gasteiger partial charge < -0.3 is 11.1 Å². The molecule has 1 aromatic carbocycles. The lowest BCUT2D eigenvalue weighted by atomic mass is 10.2. The molecule has 0 atom stereocenters. The quantitative estimate of drug-likeness (QED) is 0.853. The molecule has 0 aliphatic heterocycles. The van der Waals surface area contributed by atoms with Crippen molar-refractivity contribution in [1.82, 2.24) is 4.98 Å². The van der Waals surface area contributed by atoms with Gasteiger partial charge in [0.1, 0.15) is 10.7 Å². The Bertz CT molecular complexity index is 628. The van der Waals surface area contributed by atoms with Crippen molar-refractivity contribution in [2.45, 2.75) is 0 Å². The summed E-state index contributed by atoms with van der Waals surface area (Å²) in [4.78, 5) is 16.2. The van der Waals surface area contributed by atoms with Crippen molar-refractivity contribution in [3.05, 3.63) is 58.9 Å². The van der Waals surface area contributed by atoms with Crippen LogP contribution in [0.15, 0.2) is 42.6 Å². The Balaban J connectivity index is 2.16. The summed E-state index contributed by atoms with van der Waals surface area (Å²) in [7, 11) is 0. The van der Waals surface area contributed by atoms with Gasteiger partial charge in [0.2, 0.25) is 0 Å². The maximum Gasteiger partial charge on any atom is 0.274 e. The zero-order valence-corrected chi connectivity index (χ0v) is 11.3. The van der Waals surface area contributed by atoms with E-state index >= 15 is 0 Å². The highest BCUT2D eigenvalue weighted by Crippen LogP contribution is 2.20. The Morgan fingerprint density at radius 3 is 2.58 bits per heavy atom. The van der Waals surface area contributed by atoms with Crippen molar-refractivity contribution in [3.63, 3.8) is 0 Å². The molecule has 4 nitrogen and oxygen atoms in total. The van der Waals surface area contributed by atoms with E-state index in [2.05, 4.69) is 10.3 Å². The topological polar surface area (TPSA) is 68.0 Å². The van der Waals surface area contributed by atoms with Crippen molar-refractivity contribution in [2.75, 3.05) is 5.32 Å². The van der Waals surface area contributed by atoms with Crippen LogP contribution in [0.3, 0.4) is 0 Å². The van der Waals surface area contributed by atoms with Crippen molar-refractivity contribution < 1.29 is 4.79 Å². The Morgan fingerprint density at radius 2 is 2.00 bits per heavy atom. The minimum absolute atomic E-state index is 0.241. The molecule has 96 valence electrons. The molecule has 0 aliphatic rings. The van der Waals surface area contributed by atoms with E-state index in [1.54, 1.807) is 36.4 Å². The molecule has 6 heteroatoms. The van der Waals surface area contributed by atoms with Gasteiger partial charge in [0.25, 0.3) is 5.91 Å². The Labute approximate surface area is 120 Å². The molecule has 1 heterocycles. The first-order chi connectivity index (χ1) is 9.08. The summed E-state index contributed by atoms with van der Waals surface area (Å²) in [6.45, 7) is 0. The number of hydrogen-bond acceptors (Lipinski definition) is 3. The molecule has 0 fully saturated rings. The maximum absolute atomic E-state index is 12.0. The summed E-state index contributed by atoms with van der Waals surface area (Å²) in [5.41, 5.74) is 6.87. The molecule has 2 rings (SSSR count). The highest BCUT2D eigenvalue weighted by Gasteiger charge is 2.09. The number of carbonyl (C=O) groups excluding carboxylic acids is 1. The zero-order chi connectivity index (χ0) is 13.8. The fraction of sp³-hybridized carbons (Fsp3) is 0. The van der Waals surface area contributed by atoms with E-state index in [-0.39, 0.29) is 16.6 Å². The van der Waals surface area contributed by atoms with Crippen LogP contribution in [0.5, 0.6) is 0 Å². The lowest BCUT2D eigenvalue weighted by molar-refractivity contribution is 0.102. The Morgan fingerprint density at radius 1 is 1.26 bits per heavy atom. The first-order valence-electron chi connectivity index (χ1n) is 5.39. The standard InChI is InChI=1S/C13H10ClN3OS/c14-9-3-1-2-4-10(9)17-13(18)11-6-5-8(7-16-11)12(15)19/h1-7H,(H2,15,19)(H,17,18). The second-order valence-electron chi connectivity index (χ2n) is 3.73. The van der Waals surface area contributed by atoms with Gasteiger partial charge in [0.05, 0.1) is 10.7 Å². The van der Waals surface area contributed by atoms with Crippen molar-refractivity contribution in [2.24, 2.45) is 5.73 Å². The second kappa shape index (κ2) is 5.77. The van der Waals surface area contributed by atoms with Gasteiger partial charge in [-0.15, -0.1) is 0 Å². The minimum Gasteiger partial charge on any atom is -0.389 e. The number of para-hydroxylation sites is 1. The second-order valence-corrected chi connectivity index (χ2v) is 4.58. The van der Waals surface area contributed by atoms with Crippen LogP contribution < -0.4 is 11.1 Å². The minimum atomic E-state index is -0.345. The number of thiocarbonyl (C=S) groups is 1. The number of rotatable bonds is 3. The van der Waals surface area contributed by atoms with Crippen LogP contribution in [0.25, 0.3) is 0 Å². The number of aromatic nitrogens is 1. The number of nitrogens with zero attached hydrogens (tertiary/aromatic N) is 1. The number of nitrogens with one attached hydrogen (secondary N) is 1. The van der Waals surface area contributed by atoms with Crippen molar-refractivity contribution >= 4 is 40.4 Å². The predicted octanol–water partition coefficient (Wildman–Crippen LogP) is 2.62. The van der Waals surface area contributed by atoms with E-state index in [9.17, 15) is 4.79 Å². The fourth-order valence-electron chi connectivity index (χ4n) is 1.42. The third-order valence-corrected chi connectivity index (χ3v) is 2.97. The van der Waals surface area contributed by atoms with E-state index in [1.807, 2.05) is 0 Å². The summed E-state index contributed by atoms with van der Waals surface area (Å²) >= 11 is 10.8. The third-order valence-electron chi connectivity index (χ3n) is 2.40. The SMILES string of the molecule is NC(=S)c1ccc(C(=O)Nc2ccccc2Cl)nc1. The summed E-state index contributed by atoms with van der Waals surface area (Å²) in [5.74, 6) is -0.345. The molecule has 0 aliphatic carbocycles. The molecule has 2 aromatic rings. The zero-order valence-electron chi connectivity index (χ0n) is 9.76. The van der Waals surface area contributed by atoms with Gasteiger partial charge in [-0.25, -0.2) is 0 Å². The number of halogens is 1. The molecule has 0 radical (unpaired) electrons. The lowest BCUT2D eigenvalue weighted by Crippen LogP contribution is -2.15. The van der Waals surface area contributed by atoms with Crippen LogP contribution in [0.1, 0.15) is 16.1 Å². The highest BCUT2D eigenvalue weighted by atomic mass is 35.5. The van der Waals surface area contributed by atoms with Crippen LogP contribution in [-0.2, 0) is 0 Å². The molecular weight excluding hydrogens is 282 g/mol. The molecule has 0 spiro atoms. The first kappa shape index (κ1) is 13.5. The molecule has 19 heavy (non-hydrogen) atoms. The van der Waals surface area contributed by atoms with E-state index < -0.39 is 0 Å². The normalized spacial score (nSPS) is 9.95. The summed E-state index contributed by atoms with van der Waals surface area (Å²) in [5, 5.41) is 3.15. The van der Waals surface area contributed by atoms with Gasteiger partial charge >= 0.3 is 0 Å². The van der Waals surface area contributed by atoms with Crippen molar-refractivity contribution in [1.29, 1.82) is 0 Å². The average Bonchev–Trinajstić information content (AvgIpc) is 2.41. The third kappa shape index (κ3) is 3.27. The van der Waals surface area contributed by atoms with Gasteiger partial charge in [-0.05, 0) is 24.3 Å². The van der Waals surface area contributed by atoms with Crippen LogP contribution >= 0.6 is 23.8 Å². The monoisotopic (exact) mass is 291 g/mol. The largest absolute Gasteiger partial charge is 0.389 e. The van der Waals surface area contributed by atoms with E-state index in [0.29, 0.717) is 16.3 Å². The number of amides is 1. The molecule has 0 bridgehead atoms. The summed E-state index contributed by atoms with van der Waals surface area (Å²) in [6, 6.07) is 10.2. The van der Waals surface area contributed by atoms with E-state index in [0.717, 1.165) is 0 Å². The maximum atomic E-state index is 12.0. The molecule has 0 unspecified atom stereocenters. The van der Waals surface area contributed by atoms with Crippen LogP contribution in [0, 0.1) is 0 Å². The number of anilines is 1. The number of pyridine rings is 1. The Hall–Kier alpha value is -1.98. The molecule has 1 amide bonds. The highest BCUT2D eigenvalue weighted by molar-refractivity contribution is 7.80. The van der Waals surface area contributed by atoms with Gasteiger partial charge in [-0.2, -0.15) is 0 Å².